The third-order valence-electron chi connectivity index (χ3n) is 3.41. The number of ether oxygens (including phenoxy) is 2. The van der Waals surface area contributed by atoms with E-state index in [0.717, 1.165) is 5.56 Å². The van der Waals surface area contributed by atoms with Crippen LogP contribution in [0.15, 0.2) is 47.6 Å². The lowest BCUT2D eigenvalue weighted by molar-refractivity contribution is -0.127. The summed E-state index contributed by atoms with van der Waals surface area (Å²) in [6.45, 7) is 3.39. The van der Waals surface area contributed by atoms with Gasteiger partial charge in [-0.05, 0) is 43.7 Å². The van der Waals surface area contributed by atoms with Gasteiger partial charge in [-0.25, -0.2) is 5.43 Å². The molecule has 1 atom stereocenters. The number of nitrogens with zero attached hydrogens (tertiary/aromatic N) is 1. The van der Waals surface area contributed by atoms with Crippen LogP contribution in [0.1, 0.15) is 19.4 Å². The highest BCUT2D eigenvalue weighted by atomic mass is 35.5. The third kappa shape index (κ3) is 5.11. The van der Waals surface area contributed by atoms with Crippen molar-refractivity contribution in [3.63, 3.8) is 0 Å². The maximum atomic E-state index is 12.2. The van der Waals surface area contributed by atoms with Gasteiger partial charge in [0.05, 0.1) is 22.9 Å². The van der Waals surface area contributed by atoms with Gasteiger partial charge in [-0.2, -0.15) is 5.10 Å². The van der Waals surface area contributed by atoms with E-state index in [0.29, 0.717) is 27.3 Å². The molecule has 0 bridgehead atoms. The molecular weight excluding hydrogens is 363 g/mol. The van der Waals surface area contributed by atoms with Gasteiger partial charge in [0, 0.05) is 0 Å². The second-order valence-electron chi connectivity index (χ2n) is 5.21. The number of hydrazone groups is 1. The van der Waals surface area contributed by atoms with Crippen LogP contribution in [0.2, 0.25) is 10.0 Å². The van der Waals surface area contributed by atoms with Crippen molar-refractivity contribution in [3.8, 4) is 11.5 Å². The second kappa shape index (κ2) is 8.74. The molecule has 0 aliphatic rings. The number of para-hydroxylation sites is 2. The molecule has 2 aromatic carbocycles. The molecule has 0 aromatic heterocycles. The smallest absolute Gasteiger partial charge is 0.280 e. The summed E-state index contributed by atoms with van der Waals surface area (Å²) in [5.41, 5.74) is 3.83. The van der Waals surface area contributed by atoms with Gasteiger partial charge in [-0.3, -0.25) is 4.79 Å². The van der Waals surface area contributed by atoms with Crippen molar-refractivity contribution in [1.29, 1.82) is 0 Å². The first-order chi connectivity index (χ1) is 11.9. The Balaban J connectivity index is 2.01. The molecule has 2 aromatic rings. The fourth-order valence-electron chi connectivity index (χ4n) is 1.98. The fourth-order valence-corrected chi connectivity index (χ4v) is 2.27. The molecule has 1 amide bonds. The molecule has 0 fully saturated rings. The molecule has 0 saturated carbocycles. The summed E-state index contributed by atoms with van der Waals surface area (Å²) in [6, 6.07) is 12.2. The summed E-state index contributed by atoms with van der Waals surface area (Å²) in [4.78, 5) is 12.2. The maximum absolute atomic E-state index is 12.2. The van der Waals surface area contributed by atoms with Crippen LogP contribution in [0.4, 0.5) is 0 Å². The van der Waals surface area contributed by atoms with Crippen molar-refractivity contribution < 1.29 is 14.3 Å². The van der Waals surface area contributed by atoms with E-state index < -0.39 is 6.10 Å². The zero-order valence-corrected chi connectivity index (χ0v) is 15.6. The lowest BCUT2D eigenvalue weighted by atomic mass is 10.1. The number of halogens is 2. The summed E-state index contributed by atoms with van der Waals surface area (Å²) >= 11 is 11.9. The van der Waals surface area contributed by atoms with Crippen molar-refractivity contribution in [3.05, 3.63) is 58.1 Å². The van der Waals surface area contributed by atoms with E-state index >= 15 is 0 Å². The molecule has 0 unspecified atom stereocenters. The second-order valence-corrected chi connectivity index (χ2v) is 6.03. The Labute approximate surface area is 156 Å². The Morgan fingerprint density at radius 2 is 1.80 bits per heavy atom. The van der Waals surface area contributed by atoms with Crippen LogP contribution in [0.3, 0.4) is 0 Å². The molecule has 25 heavy (non-hydrogen) atoms. The molecule has 132 valence electrons. The minimum atomic E-state index is -0.748. The van der Waals surface area contributed by atoms with E-state index in [-0.39, 0.29) is 5.91 Å². The molecule has 2 rings (SSSR count). The number of carbonyl (C=O) groups excluding carboxylic acids is 1. The van der Waals surface area contributed by atoms with Gasteiger partial charge in [0.1, 0.15) is 0 Å². The predicted octanol–water partition coefficient (Wildman–Crippen LogP) is 4.31. The highest BCUT2D eigenvalue weighted by molar-refractivity contribution is 6.42. The van der Waals surface area contributed by atoms with Crippen LogP contribution in [0.5, 0.6) is 11.5 Å². The molecule has 0 aliphatic heterocycles. The third-order valence-corrected chi connectivity index (χ3v) is 4.15. The van der Waals surface area contributed by atoms with Gasteiger partial charge in [0.15, 0.2) is 17.6 Å². The number of nitrogens with one attached hydrogen (secondary N) is 1. The van der Waals surface area contributed by atoms with E-state index in [1.807, 2.05) is 6.07 Å². The zero-order chi connectivity index (χ0) is 18.4. The number of carbonyl (C=O) groups is 1. The number of methoxy groups -OCH3 is 1. The molecule has 7 heteroatoms. The Kier molecular flexibility index (Phi) is 6.67. The number of rotatable bonds is 6. The monoisotopic (exact) mass is 380 g/mol. The maximum Gasteiger partial charge on any atom is 0.280 e. The van der Waals surface area contributed by atoms with Crippen molar-refractivity contribution >= 4 is 34.8 Å². The summed E-state index contributed by atoms with van der Waals surface area (Å²) in [5.74, 6) is 0.654. The van der Waals surface area contributed by atoms with Crippen LogP contribution in [-0.4, -0.2) is 24.8 Å². The number of benzene rings is 2. The molecule has 0 saturated heterocycles. The zero-order valence-electron chi connectivity index (χ0n) is 14.0. The largest absolute Gasteiger partial charge is 0.493 e. The first-order valence-electron chi connectivity index (χ1n) is 7.51. The highest BCUT2D eigenvalue weighted by Crippen LogP contribution is 2.26. The van der Waals surface area contributed by atoms with Crippen LogP contribution in [-0.2, 0) is 4.79 Å². The minimum absolute atomic E-state index is 0.384. The van der Waals surface area contributed by atoms with Crippen LogP contribution in [0.25, 0.3) is 0 Å². The molecule has 0 heterocycles. The van der Waals surface area contributed by atoms with Gasteiger partial charge >= 0.3 is 0 Å². The molecule has 0 aliphatic carbocycles. The first-order valence-corrected chi connectivity index (χ1v) is 8.27. The number of amides is 1. The van der Waals surface area contributed by atoms with Crippen molar-refractivity contribution in [2.75, 3.05) is 7.11 Å². The van der Waals surface area contributed by atoms with Crippen molar-refractivity contribution in [2.45, 2.75) is 20.0 Å². The number of hydrogen-bond donors (Lipinski definition) is 1. The number of hydrogen-bond acceptors (Lipinski definition) is 4. The van der Waals surface area contributed by atoms with Crippen LogP contribution in [0, 0.1) is 0 Å². The average Bonchev–Trinajstić information content (AvgIpc) is 2.62. The SMILES string of the molecule is COc1ccccc1O[C@@H](C)C(=O)N/N=C(/C)c1ccc(Cl)c(Cl)c1. The normalized spacial score (nSPS) is 12.4. The van der Waals surface area contributed by atoms with Crippen molar-refractivity contribution in [1.82, 2.24) is 5.43 Å². The standard InChI is InChI=1S/C18H18Cl2N2O3/c1-11(13-8-9-14(19)15(20)10-13)21-22-18(23)12(2)25-17-7-5-4-6-16(17)24-3/h4-10,12H,1-3H3,(H,22,23)/b21-11-/t12-/m0/s1. The van der Waals surface area contributed by atoms with Crippen molar-refractivity contribution in [2.24, 2.45) is 5.10 Å². The quantitative estimate of drug-likeness (QED) is 0.599. The Hall–Kier alpha value is -2.24. The molecular formula is C18H18Cl2N2O3. The lowest BCUT2D eigenvalue weighted by Crippen LogP contribution is -2.34. The van der Waals surface area contributed by atoms with Gasteiger partial charge < -0.3 is 9.47 Å². The topological polar surface area (TPSA) is 59.9 Å². The fraction of sp³-hybridized carbons (Fsp3) is 0.222. The Bertz CT molecular complexity index is 794. The van der Waals surface area contributed by atoms with Crippen LogP contribution >= 0.6 is 23.2 Å². The first kappa shape index (κ1) is 19.1. The molecule has 5 nitrogen and oxygen atoms in total. The molecule has 0 spiro atoms. The predicted molar refractivity (Wildman–Crippen MR) is 99.9 cm³/mol. The Morgan fingerprint density at radius 3 is 2.44 bits per heavy atom. The van der Waals surface area contributed by atoms with Gasteiger partial charge in [-0.15, -0.1) is 0 Å². The Morgan fingerprint density at radius 1 is 1.12 bits per heavy atom. The summed E-state index contributed by atoms with van der Waals surface area (Å²) < 4.78 is 10.8. The average molecular weight is 381 g/mol. The molecule has 1 N–H and O–H groups in total. The molecule has 0 radical (unpaired) electrons. The summed E-state index contributed by atoms with van der Waals surface area (Å²) in [5, 5.41) is 4.96. The minimum Gasteiger partial charge on any atom is -0.493 e. The lowest BCUT2D eigenvalue weighted by Gasteiger charge is -2.15. The van der Waals surface area contributed by atoms with E-state index in [1.54, 1.807) is 50.2 Å². The summed E-state index contributed by atoms with van der Waals surface area (Å²) in [6.07, 6.45) is -0.748. The highest BCUT2D eigenvalue weighted by Gasteiger charge is 2.16. The van der Waals surface area contributed by atoms with Gasteiger partial charge in [-0.1, -0.05) is 41.4 Å². The van der Waals surface area contributed by atoms with Gasteiger partial charge in [0.25, 0.3) is 5.91 Å². The van der Waals surface area contributed by atoms with E-state index in [4.69, 9.17) is 32.7 Å². The van der Waals surface area contributed by atoms with E-state index in [2.05, 4.69) is 10.5 Å². The van der Waals surface area contributed by atoms with E-state index in [9.17, 15) is 4.79 Å². The van der Waals surface area contributed by atoms with Crippen LogP contribution < -0.4 is 14.9 Å². The summed E-state index contributed by atoms with van der Waals surface area (Å²) in [7, 11) is 1.54. The van der Waals surface area contributed by atoms with E-state index in [1.165, 1.54) is 7.11 Å². The van der Waals surface area contributed by atoms with Gasteiger partial charge in [0.2, 0.25) is 0 Å².